The molecule has 0 bridgehead atoms. The van der Waals surface area contributed by atoms with Crippen LogP contribution in [0.5, 0.6) is 0 Å². The molecule has 0 aromatic carbocycles. The minimum absolute atomic E-state index is 0.225. The lowest BCUT2D eigenvalue weighted by atomic mass is 10.2. The number of hydrogen-bond acceptors (Lipinski definition) is 6. The number of carbonyl (C=O) groups is 1. The Labute approximate surface area is 112 Å². The lowest BCUT2D eigenvalue weighted by molar-refractivity contribution is -0.143. The summed E-state index contributed by atoms with van der Waals surface area (Å²) in [6.07, 6.45) is 0.686. The number of nitrogens with one attached hydrogen (secondary N) is 1. The normalized spacial score (nSPS) is 12.4. The highest BCUT2D eigenvalue weighted by Gasteiger charge is 2.18. The van der Waals surface area contributed by atoms with Crippen LogP contribution in [0.2, 0.25) is 0 Å². The molecule has 1 unspecified atom stereocenters. The summed E-state index contributed by atoms with van der Waals surface area (Å²) in [4.78, 5) is 15.7. The van der Waals surface area contributed by atoms with E-state index in [-0.39, 0.29) is 12.0 Å². The van der Waals surface area contributed by atoms with E-state index in [0.717, 1.165) is 23.8 Å². The van der Waals surface area contributed by atoms with E-state index in [2.05, 4.69) is 10.3 Å². The van der Waals surface area contributed by atoms with Gasteiger partial charge in [0.25, 0.3) is 5.22 Å². The Morgan fingerprint density at radius 2 is 2.28 bits per heavy atom. The molecule has 0 saturated carbocycles. The molecule has 1 atom stereocenters. The van der Waals surface area contributed by atoms with Gasteiger partial charge in [0.1, 0.15) is 11.8 Å². The molecule has 1 N–H and O–H groups in total. The molecule has 0 fully saturated rings. The van der Waals surface area contributed by atoms with Crippen molar-refractivity contribution >= 4 is 17.7 Å². The van der Waals surface area contributed by atoms with Crippen LogP contribution in [0.3, 0.4) is 0 Å². The van der Waals surface area contributed by atoms with Gasteiger partial charge in [0.15, 0.2) is 0 Å². The Morgan fingerprint density at radius 1 is 1.56 bits per heavy atom. The molecule has 0 saturated heterocycles. The zero-order valence-corrected chi connectivity index (χ0v) is 12.1. The predicted molar refractivity (Wildman–Crippen MR) is 70.8 cm³/mol. The number of thioether (sulfide) groups is 1. The number of nitrogens with zero attached hydrogens (tertiary/aromatic N) is 1. The van der Waals surface area contributed by atoms with E-state index < -0.39 is 0 Å². The van der Waals surface area contributed by atoms with Gasteiger partial charge in [-0.2, -0.15) is 0 Å². The van der Waals surface area contributed by atoms with Crippen LogP contribution in [0.1, 0.15) is 24.8 Å². The molecule has 0 aliphatic carbocycles. The number of esters is 1. The molecule has 0 amide bonds. The molecule has 5 nitrogen and oxygen atoms in total. The largest absolute Gasteiger partial charge is 0.468 e. The van der Waals surface area contributed by atoms with Crippen molar-refractivity contribution in [2.24, 2.45) is 0 Å². The maximum atomic E-state index is 11.5. The van der Waals surface area contributed by atoms with E-state index in [1.807, 2.05) is 20.8 Å². The summed E-state index contributed by atoms with van der Waals surface area (Å²) in [5.74, 6) is 1.37. The molecule has 102 valence electrons. The molecular weight excluding hydrogens is 252 g/mol. The summed E-state index contributed by atoms with van der Waals surface area (Å²) in [7, 11) is 1.40. The van der Waals surface area contributed by atoms with Gasteiger partial charge in [0.2, 0.25) is 0 Å². The minimum Gasteiger partial charge on any atom is -0.468 e. The van der Waals surface area contributed by atoms with Crippen LogP contribution in [0.25, 0.3) is 0 Å². The van der Waals surface area contributed by atoms with Crippen molar-refractivity contribution in [3.63, 3.8) is 0 Å². The average molecular weight is 272 g/mol. The van der Waals surface area contributed by atoms with Crippen LogP contribution in [0, 0.1) is 13.8 Å². The van der Waals surface area contributed by atoms with Gasteiger partial charge in [-0.15, -0.1) is 0 Å². The monoisotopic (exact) mass is 272 g/mol. The third kappa shape index (κ3) is 4.34. The van der Waals surface area contributed by atoms with E-state index in [1.165, 1.54) is 18.9 Å². The Morgan fingerprint density at radius 3 is 2.78 bits per heavy atom. The lowest BCUT2D eigenvalue weighted by Crippen LogP contribution is -2.37. The summed E-state index contributed by atoms with van der Waals surface area (Å²) < 4.78 is 10.2. The van der Waals surface area contributed by atoms with Crippen LogP contribution < -0.4 is 5.32 Å². The standard InChI is InChI=1S/C12H20N2O3S/c1-5-13-10(11(15)16-4)6-7-18-12-14-8(2)9(3)17-12/h10,13H,5-7H2,1-4H3. The molecular formula is C12H20N2O3S. The Hall–Kier alpha value is -1.01. The van der Waals surface area contributed by atoms with Gasteiger partial charge in [0, 0.05) is 5.75 Å². The first-order valence-corrected chi connectivity index (χ1v) is 6.95. The highest BCUT2D eigenvalue weighted by atomic mass is 32.2. The molecule has 18 heavy (non-hydrogen) atoms. The highest BCUT2D eigenvalue weighted by molar-refractivity contribution is 7.99. The van der Waals surface area contributed by atoms with Gasteiger partial charge in [-0.05, 0) is 26.8 Å². The van der Waals surface area contributed by atoms with Crippen LogP contribution >= 0.6 is 11.8 Å². The fourth-order valence-corrected chi connectivity index (χ4v) is 2.37. The molecule has 0 spiro atoms. The van der Waals surface area contributed by atoms with Gasteiger partial charge >= 0.3 is 5.97 Å². The maximum Gasteiger partial charge on any atom is 0.322 e. The number of aryl methyl sites for hydroxylation is 2. The van der Waals surface area contributed by atoms with Gasteiger partial charge in [-0.25, -0.2) is 4.98 Å². The average Bonchev–Trinajstić information content (AvgIpc) is 2.66. The van der Waals surface area contributed by atoms with Crippen molar-refractivity contribution in [1.82, 2.24) is 10.3 Å². The van der Waals surface area contributed by atoms with Crippen molar-refractivity contribution in [2.45, 2.75) is 38.5 Å². The SMILES string of the molecule is CCNC(CCSc1nc(C)c(C)o1)C(=O)OC. The van der Waals surface area contributed by atoms with Gasteiger partial charge in [-0.3, -0.25) is 4.79 Å². The number of likely N-dealkylation sites (N-methyl/N-ethyl adjacent to an activating group) is 1. The third-order valence-electron chi connectivity index (χ3n) is 2.58. The smallest absolute Gasteiger partial charge is 0.322 e. The Balaban J connectivity index is 2.40. The first-order valence-electron chi connectivity index (χ1n) is 5.96. The molecule has 1 rings (SSSR count). The minimum atomic E-state index is -0.260. The van der Waals surface area contributed by atoms with Crippen molar-refractivity contribution < 1.29 is 13.9 Å². The summed E-state index contributed by atoms with van der Waals surface area (Å²) in [6, 6.07) is -0.260. The number of rotatable bonds is 7. The summed E-state index contributed by atoms with van der Waals surface area (Å²) in [5.41, 5.74) is 0.911. The van der Waals surface area contributed by atoms with Crippen LogP contribution in [0.15, 0.2) is 9.64 Å². The fraction of sp³-hybridized carbons (Fsp3) is 0.667. The van der Waals surface area contributed by atoms with Crippen LogP contribution in [0.4, 0.5) is 0 Å². The number of hydrogen-bond donors (Lipinski definition) is 1. The second-order valence-corrected chi connectivity index (χ2v) is 4.94. The second kappa shape index (κ2) is 7.43. The fourth-order valence-electron chi connectivity index (χ4n) is 1.46. The molecule has 1 aromatic heterocycles. The van der Waals surface area contributed by atoms with Crippen molar-refractivity contribution in [3.05, 3.63) is 11.5 Å². The lowest BCUT2D eigenvalue weighted by Gasteiger charge is -2.14. The summed E-state index contributed by atoms with van der Waals surface area (Å²) >= 11 is 1.51. The maximum absolute atomic E-state index is 11.5. The molecule has 0 aliphatic rings. The molecule has 6 heteroatoms. The van der Waals surface area contributed by atoms with Crippen LogP contribution in [-0.2, 0) is 9.53 Å². The highest BCUT2D eigenvalue weighted by Crippen LogP contribution is 2.21. The van der Waals surface area contributed by atoms with E-state index in [0.29, 0.717) is 11.6 Å². The second-order valence-electron chi connectivity index (χ2n) is 3.89. The third-order valence-corrected chi connectivity index (χ3v) is 3.44. The number of ether oxygens (including phenoxy) is 1. The van der Waals surface area contributed by atoms with E-state index in [4.69, 9.17) is 9.15 Å². The van der Waals surface area contributed by atoms with E-state index in [9.17, 15) is 4.79 Å². The van der Waals surface area contributed by atoms with Gasteiger partial charge in [-0.1, -0.05) is 18.7 Å². The molecule has 1 aromatic rings. The van der Waals surface area contributed by atoms with Crippen LogP contribution in [-0.4, -0.2) is 36.4 Å². The zero-order chi connectivity index (χ0) is 13.5. The number of methoxy groups -OCH3 is 1. The first kappa shape index (κ1) is 15.0. The quantitative estimate of drug-likeness (QED) is 0.604. The first-order chi connectivity index (χ1) is 8.58. The summed E-state index contributed by atoms with van der Waals surface area (Å²) in [6.45, 7) is 6.51. The van der Waals surface area contributed by atoms with E-state index in [1.54, 1.807) is 0 Å². The summed E-state index contributed by atoms with van der Waals surface area (Å²) in [5, 5.41) is 3.75. The number of oxazole rings is 1. The van der Waals surface area contributed by atoms with E-state index >= 15 is 0 Å². The molecule has 0 radical (unpaired) electrons. The molecule has 1 heterocycles. The predicted octanol–water partition coefficient (Wildman–Crippen LogP) is 1.92. The topological polar surface area (TPSA) is 64.4 Å². The van der Waals surface area contributed by atoms with Crippen molar-refractivity contribution in [1.29, 1.82) is 0 Å². The Kier molecular flexibility index (Phi) is 6.21. The van der Waals surface area contributed by atoms with Crippen molar-refractivity contribution in [2.75, 3.05) is 19.4 Å². The zero-order valence-electron chi connectivity index (χ0n) is 11.3. The number of carbonyl (C=O) groups excluding carboxylic acids is 1. The van der Waals surface area contributed by atoms with Gasteiger partial charge < -0.3 is 14.5 Å². The van der Waals surface area contributed by atoms with Gasteiger partial charge in [0.05, 0.1) is 12.8 Å². The molecule has 0 aliphatic heterocycles. The van der Waals surface area contributed by atoms with Crippen molar-refractivity contribution in [3.8, 4) is 0 Å². The Bertz CT molecular complexity index is 373. The number of aromatic nitrogens is 1.